The fourth-order valence-electron chi connectivity index (χ4n) is 3.02. The highest BCUT2D eigenvalue weighted by atomic mass is 16.3. The van der Waals surface area contributed by atoms with Gasteiger partial charge in [-0.3, -0.25) is 4.79 Å². The lowest BCUT2D eigenvalue weighted by atomic mass is 9.85. The lowest BCUT2D eigenvalue weighted by Gasteiger charge is -2.26. The first-order valence-electron chi connectivity index (χ1n) is 9.38. The first-order chi connectivity index (χ1) is 11.3. The SMILES string of the molecule is CCCCC(C)(O)CCC(CC(C)C)C(=O)NCc1ccccc1. The second-order valence-corrected chi connectivity index (χ2v) is 7.67. The normalized spacial score (nSPS) is 15.1. The van der Waals surface area contributed by atoms with Crippen molar-refractivity contribution in [3.8, 4) is 0 Å². The second kappa shape index (κ2) is 10.5. The number of hydrogen-bond donors (Lipinski definition) is 2. The Kier molecular flexibility index (Phi) is 9.05. The van der Waals surface area contributed by atoms with E-state index >= 15 is 0 Å². The Hall–Kier alpha value is -1.35. The molecule has 0 aliphatic carbocycles. The Morgan fingerprint density at radius 2 is 1.88 bits per heavy atom. The monoisotopic (exact) mass is 333 g/mol. The smallest absolute Gasteiger partial charge is 0.223 e. The van der Waals surface area contributed by atoms with E-state index in [0.29, 0.717) is 18.9 Å². The summed E-state index contributed by atoms with van der Waals surface area (Å²) in [5.41, 5.74) is 0.453. The van der Waals surface area contributed by atoms with Crippen LogP contribution >= 0.6 is 0 Å². The summed E-state index contributed by atoms with van der Waals surface area (Å²) in [6.07, 6.45) is 5.22. The fraction of sp³-hybridized carbons (Fsp3) is 0.667. The number of rotatable bonds is 11. The number of carbonyl (C=O) groups excluding carboxylic acids is 1. The summed E-state index contributed by atoms with van der Waals surface area (Å²) in [4.78, 5) is 12.6. The van der Waals surface area contributed by atoms with E-state index in [-0.39, 0.29) is 11.8 Å². The van der Waals surface area contributed by atoms with E-state index in [1.165, 1.54) is 0 Å². The summed E-state index contributed by atoms with van der Waals surface area (Å²) < 4.78 is 0. The zero-order chi connectivity index (χ0) is 18.0. The molecule has 0 aliphatic rings. The van der Waals surface area contributed by atoms with E-state index < -0.39 is 5.60 Å². The molecule has 3 nitrogen and oxygen atoms in total. The quantitative estimate of drug-likeness (QED) is 0.617. The molecule has 0 aliphatic heterocycles. The summed E-state index contributed by atoms with van der Waals surface area (Å²) in [6.45, 7) is 8.89. The highest BCUT2D eigenvalue weighted by Crippen LogP contribution is 2.25. The van der Waals surface area contributed by atoms with Gasteiger partial charge in [-0.1, -0.05) is 63.9 Å². The Bertz CT molecular complexity index is 468. The lowest BCUT2D eigenvalue weighted by Crippen LogP contribution is -2.33. The van der Waals surface area contributed by atoms with Gasteiger partial charge in [0.25, 0.3) is 0 Å². The highest BCUT2D eigenvalue weighted by Gasteiger charge is 2.25. The van der Waals surface area contributed by atoms with Gasteiger partial charge >= 0.3 is 0 Å². The van der Waals surface area contributed by atoms with Crippen LogP contribution in [0.1, 0.15) is 71.8 Å². The van der Waals surface area contributed by atoms with Crippen LogP contribution in [-0.4, -0.2) is 16.6 Å². The van der Waals surface area contributed by atoms with E-state index in [9.17, 15) is 9.90 Å². The van der Waals surface area contributed by atoms with Crippen molar-refractivity contribution in [2.24, 2.45) is 11.8 Å². The second-order valence-electron chi connectivity index (χ2n) is 7.67. The van der Waals surface area contributed by atoms with Crippen LogP contribution in [0.15, 0.2) is 30.3 Å². The molecule has 3 heteroatoms. The third kappa shape index (κ3) is 8.49. The van der Waals surface area contributed by atoms with Crippen molar-refractivity contribution in [1.29, 1.82) is 0 Å². The number of nitrogens with one attached hydrogen (secondary N) is 1. The molecule has 2 atom stereocenters. The fourth-order valence-corrected chi connectivity index (χ4v) is 3.02. The average Bonchev–Trinajstić information content (AvgIpc) is 2.55. The van der Waals surface area contributed by atoms with Gasteiger partial charge in [0.2, 0.25) is 5.91 Å². The standard InChI is InChI=1S/C21H35NO2/c1-5-6-13-21(4,24)14-12-19(15-17(2)3)20(23)22-16-18-10-8-7-9-11-18/h7-11,17,19,24H,5-6,12-16H2,1-4H3,(H,22,23). The molecule has 1 rings (SSSR count). The van der Waals surface area contributed by atoms with Crippen LogP contribution in [0.2, 0.25) is 0 Å². The van der Waals surface area contributed by atoms with E-state index in [1.807, 2.05) is 37.3 Å². The maximum Gasteiger partial charge on any atom is 0.223 e. The van der Waals surface area contributed by atoms with Crippen LogP contribution < -0.4 is 5.32 Å². The van der Waals surface area contributed by atoms with Crippen molar-refractivity contribution in [1.82, 2.24) is 5.32 Å². The van der Waals surface area contributed by atoms with Crippen LogP contribution in [0.5, 0.6) is 0 Å². The molecule has 1 amide bonds. The van der Waals surface area contributed by atoms with E-state index in [0.717, 1.165) is 37.7 Å². The number of unbranched alkanes of at least 4 members (excludes halogenated alkanes) is 1. The van der Waals surface area contributed by atoms with Crippen molar-refractivity contribution in [2.45, 2.75) is 78.4 Å². The molecule has 0 saturated carbocycles. The van der Waals surface area contributed by atoms with Crippen molar-refractivity contribution in [3.05, 3.63) is 35.9 Å². The van der Waals surface area contributed by atoms with Crippen molar-refractivity contribution < 1.29 is 9.90 Å². The molecule has 2 N–H and O–H groups in total. The highest BCUT2D eigenvalue weighted by molar-refractivity contribution is 5.78. The zero-order valence-corrected chi connectivity index (χ0v) is 15.8. The van der Waals surface area contributed by atoms with Crippen LogP contribution in [0.3, 0.4) is 0 Å². The third-order valence-electron chi connectivity index (χ3n) is 4.54. The molecule has 0 fully saturated rings. The van der Waals surface area contributed by atoms with Crippen LogP contribution in [0.25, 0.3) is 0 Å². The minimum Gasteiger partial charge on any atom is -0.390 e. The average molecular weight is 334 g/mol. The molecule has 136 valence electrons. The summed E-state index contributed by atoms with van der Waals surface area (Å²) in [5, 5.41) is 13.5. The molecule has 2 unspecified atom stereocenters. The first kappa shape index (κ1) is 20.7. The van der Waals surface area contributed by atoms with E-state index in [2.05, 4.69) is 26.1 Å². The molecular weight excluding hydrogens is 298 g/mol. The number of carbonyl (C=O) groups is 1. The Labute approximate surface area is 147 Å². The number of aliphatic hydroxyl groups is 1. The van der Waals surface area contributed by atoms with Gasteiger partial charge in [-0.2, -0.15) is 0 Å². The molecule has 1 aromatic rings. The summed E-state index contributed by atoms with van der Waals surface area (Å²) >= 11 is 0. The summed E-state index contributed by atoms with van der Waals surface area (Å²) in [6, 6.07) is 9.99. The lowest BCUT2D eigenvalue weighted by molar-refractivity contribution is -0.126. The van der Waals surface area contributed by atoms with Crippen LogP contribution in [-0.2, 0) is 11.3 Å². The van der Waals surface area contributed by atoms with Gasteiger partial charge in [-0.25, -0.2) is 0 Å². The first-order valence-corrected chi connectivity index (χ1v) is 9.38. The molecule has 1 aromatic carbocycles. The minimum absolute atomic E-state index is 0.0261. The minimum atomic E-state index is -0.662. The van der Waals surface area contributed by atoms with Gasteiger partial charge in [0.05, 0.1) is 5.60 Å². The molecule has 24 heavy (non-hydrogen) atoms. The van der Waals surface area contributed by atoms with Gasteiger partial charge in [0.1, 0.15) is 0 Å². The predicted octanol–water partition coefficient (Wildman–Crippen LogP) is 4.69. The molecule has 0 spiro atoms. The zero-order valence-electron chi connectivity index (χ0n) is 15.8. The predicted molar refractivity (Wildman–Crippen MR) is 101 cm³/mol. The Morgan fingerprint density at radius 3 is 2.46 bits per heavy atom. The van der Waals surface area contributed by atoms with E-state index in [4.69, 9.17) is 0 Å². The van der Waals surface area contributed by atoms with Crippen molar-refractivity contribution in [2.75, 3.05) is 0 Å². The Morgan fingerprint density at radius 1 is 1.21 bits per heavy atom. The number of hydrogen-bond acceptors (Lipinski definition) is 2. The molecule has 0 radical (unpaired) electrons. The molecule has 0 bridgehead atoms. The Balaban J connectivity index is 2.55. The number of amides is 1. The third-order valence-corrected chi connectivity index (χ3v) is 4.54. The van der Waals surface area contributed by atoms with Crippen molar-refractivity contribution in [3.63, 3.8) is 0 Å². The molecular formula is C21H35NO2. The number of benzene rings is 1. The maximum absolute atomic E-state index is 12.6. The van der Waals surface area contributed by atoms with Gasteiger partial charge in [-0.15, -0.1) is 0 Å². The van der Waals surface area contributed by atoms with Gasteiger partial charge in [0, 0.05) is 12.5 Å². The van der Waals surface area contributed by atoms with Gasteiger partial charge < -0.3 is 10.4 Å². The molecule has 0 heterocycles. The molecule has 0 aromatic heterocycles. The van der Waals surface area contributed by atoms with Crippen molar-refractivity contribution >= 4 is 5.91 Å². The van der Waals surface area contributed by atoms with Gasteiger partial charge in [0.15, 0.2) is 0 Å². The van der Waals surface area contributed by atoms with E-state index in [1.54, 1.807) is 0 Å². The topological polar surface area (TPSA) is 49.3 Å². The summed E-state index contributed by atoms with van der Waals surface area (Å²) in [5.74, 6) is 0.554. The molecule has 0 saturated heterocycles. The summed E-state index contributed by atoms with van der Waals surface area (Å²) in [7, 11) is 0. The van der Waals surface area contributed by atoms with Crippen LogP contribution in [0, 0.1) is 11.8 Å². The largest absolute Gasteiger partial charge is 0.390 e. The maximum atomic E-state index is 12.6. The van der Waals surface area contributed by atoms with Crippen LogP contribution in [0.4, 0.5) is 0 Å². The van der Waals surface area contributed by atoms with Gasteiger partial charge in [-0.05, 0) is 44.1 Å².